The minimum atomic E-state index is -3.51. The highest BCUT2D eigenvalue weighted by atomic mass is 32.2. The van der Waals surface area contributed by atoms with Crippen molar-refractivity contribution in [1.29, 1.82) is 5.41 Å². The zero-order valence-electron chi connectivity index (χ0n) is 12.0. The number of nitrogens with two attached hydrogens (primary N) is 1. The number of aryl methyl sites for hydroxylation is 2. The van der Waals surface area contributed by atoms with Crippen LogP contribution in [0.4, 0.5) is 0 Å². The third-order valence-corrected chi connectivity index (χ3v) is 6.09. The van der Waals surface area contributed by atoms with Crippen LogP contribution in [0.25, 0.3) is 0 Å². The van der Waals surface area contributed by atoms with Gasteiger partial charge in [-0.25, -0.2) is 8.42 Å². The van der Waals surface area contributed by atoms with Crippen molar-refractivity contribution in [2.45, 2.75) is 31.6 Å². The lowest BCUT2D eigenvalue weighted by Gasteiger charge is -2.30. The van der Waals surface area contributed by atoms with Crippen molar-refractivity contribution < 1.29 is 8.42 Å². The lowest BCUT2D eigenvalue weighted by atomic mass is 9.97. The summed E-state index contributed by atoms with van der Waals surface area (Å²) in [6.45, 7) is 4.28. The highest BCUT2D eigenvalue weighted by Gasteiger charge is 2.33. The van der Waals surface area contributed by atoms with Gasteiger partial charge in [0, 0.05) is 26.1 Å². The Hall–Kier alpha value is -1.41. The first-order valence-corrected chi connectivity index (χ1v) is 8.03. The van der Waals surface area contributed by atoms with Gasteiger partial charge in [0.25, 0.3) is 0 Å². The molecule has 8 heteroatoms. The van der Waals surface area contributed by atoms with Crippen molar-refractivity contribution in [3.8, 4) is 0 Å². The van der Waals surface area contributed by atoms with Crippen LogP contribution in [0.2, 0.25) is 0 Å². The van der Waals surface area contributed by atoms with E-state index in [1.165, 1.54) is 4.31 Å². The summed E-state index contributed by atoms with van der Waals surface area (Å²) in [5, 5.41) is 11.6. The molecule has 0 bridgehead atoms. The molecule has 3 N–H and O–H groups in total. The fraction of sp³-hybridized carbons (Fsp3) is 0.667. The van der Waals surface area contributed by atoms with Gasteiger partial charge in [-0.15, -0.1) is 0 Å². The number of rotatable bonds is 3. The van der Waals surface area contributed by atoms with E-state index in [4.69, 9.17) is 11.1 Å². The minimum Gasteiger partial charge on any atom is -0.387 e. The molecule has 1 aromatic rings. The van der Waals surface area contributed by atoms with E-state index in [-0.39, 0.29) is 11.8 Å². The summed E-state index contributed by atoms with van der Waals surface area (Å²) in [6.07, 6.45) is 1.21. The van der Waals surface area contributed by atoms with E-state index < -0.39 is 10.0 Å². The first-order valence-electron chi connectivity index (χ1n) is 6.59. The van der Waals surface area contributed by atoms with Gasteiger partial charge in [-0.1, -0.05) is 0 Å². The molecule has 1 aromatic heterocycles. The normalized spacial score (nSPS) is 18.4. The Kier molecular flexibility index (Phi) is 3.88. The van der Waals surface area contributed by atoms with E-state index in [1.54, 1.807) is 25.6 Å². The fourth-order valence-electron chi connectivity index (χ4n) is 2.66. The van der Waals surface area contributed by atoms with E-state index in [0.29, 0.717) is 42.2 Å². The molecule has 0 amide bonds. The second-order valence-corrected chi connectivity index (χ2v) is 7.13. The molecule has 0 unspecified atom stereocenters. The maximum atomic E-state index is 12.7. The van der Waals surface area contributed by atoms with Crippen LogP contribution >= 0.6 is 0 Å². The van der Waals surface area contributed by atoms with Gasteiger partial charge < -0.3 is 5.73 Å². The van der Waals surface area contributed by atoms with Crippen molar-refractivity contribution >= 4 is 15.9 Å². The average molecular weight is 299 g/mol. The molecular formula is C12H21N5O2S. The molecule has 0 radical (unpaired) electrons. The lowest BCUT2D eigenvalue weighted by molar-refractivity contribution is 0.314. The molecule has 1 aliphatic rings. The van der Waals surface area contributed by atoms with Gasteiger partial charge in [-0.2, -0.15) is 9.40 Å². The molecule has 2 rings (SSSR count). The van der Waals surface area contributed by atoms with Gasteiger partial charge in [0.15, 0.2) is 0 Å². The predicted molar refractivity (Wildman–Crippen MR) is 76.1 cm³/mol. The number of hydrogen-bond acceptors (Lipinski definition) is 4. The van der Waals surface area contributed by atoms with Gasteiger partial charge in [0.2, 0.25) is 10.0 Å². The summed E-state index contributed by atoms with van der Waals surface area (Å²) in [6, 6.07) is 0. The number of piperidine rings is 1. The van der Waals surface area contributed by atoms with Crippen LogP contribution in [-0.2, 0) is 17.1 Å². The van der Waals surface area contributed by atoms with E-state index in [1.807, 2.05) is 0 Å². The summed E-state index contributed by atoms with van der Waals surface area (Å²) in [7, 11) is -1.77. The molecule has 7 nitrogen and oxygen atoms in total. The molecule has 1 fully saturated rings. The van der Waals surface area contributed by atoms with Gasteiger partial charge in [-0.3, -0.25) is 10.1 Å². The van der Waals surface area contributed by atoms with Crippen LogP contribution in [0.3, 0.4) is 0 Å². The zero-order valence-corrected chi connectivity index (χ0v) is 12.9. The van der Waals surface area contributed by atoms with E-state index in [2.05, 4.69) is 5.10 Å². The summed E-state index contributed by atoms with van der Waals surface area (Å²) in [5.41, 5.74) is 6.66. The molecule has 0 aliphatic carbocycles. The maximum absolute atomic E-state index is 12.7. The molecule has 0 atom stereocenters. The van der Waals surface area contributed by atoms with Crippen molar-refractivity contribution in [3.05, 3.63) is 11.4 Å². The van der Waals surface area contributed by atoms with Gasteiger partial charge in [0.05, 0.1) is 17.2 Å². The Morgan fingerprint density at radius 1 is 1.35 bits per heavy atom. The predicted octanol–water partition coefficient (Wildman–Crippen LogP) is 0.374. The molecule has 1 aliphatic heterocycles. The minimum absolute atomic E-state index is 0.00228. The molecule has 0 spiro atoms. The van der Waals surface area contributed by atoms with Gasteiger partial charge in [-0.05, 0) is 26.7 Å². The Balaban J connectivity index is 2.26. The van der Waals surface area contributed by atoms with Gasteiger partial charge >= 0.3 is 0 Å². The molecule has 112 valence electrons. The number of nitrogens with one attached hydrogen (secondary N) is 1. The fourth-order valence-corrected chi connectivity index (χ4v) is 4.53. The number of sulfonamides is 1. The number of aromatic nitrogens is 2. The van der Waals surface area contributed by atoms with Crippen LogP contribution in [0.1, 0.15) is 24.2 Å². The zero-order chi connectivity index (χ0) is 15.1. The van der Waals surface area contributed by atoms with Crippen LogP contribution in [0.5, 0.6) is 0 Å². The van der Waals surface area contributed by atoms with Crippen LogP contribution in [0, 0.1) is 25.2 Å². The van der Waals surface area contributed by atoms with Crippen molar-refractivity contribution in [1.82, 2.24) is 14.1 Å². The van der Waals surface area contributed by atoms with Crippen LogP contribution in [-0.4, -0.2) is 41.4 Å². The summed E-state index contributed by atoms with van der Waals surface area (Å²) in [4.78, 5) is 0.307. The largest absolute Gasteiger partial charge is 0.387 e. The summed E-state index contributed by atoms with van der Waals surface area (Å²) in [5.74, 6) is 0.147. The summed E-state index contributed by atoms with van der Waals surface area (Å²) < 4.78 is 28.5. The topological polar surface area (TPSA) is 105 Å². The average Bonchev–Trinajstić information content (AvgIpc) is 2.63. The second kappa shape index (κ2) is 5.17. The van der Waals surface area contributed by atoms with E-state index in [0.717, 1.165) is 0 Å². The molecule has 2 heterocycles. The highest BCUT2D eigenvalue weighted by molar-refractivity contribution is 7.89. The smallest absolute Gasteiger partial charge is 0.246 e. The maximum Gasteiger partial charge on any atom is 0.246 e. The Morgan fingerprint density at radius 2 is 1.90 bits per heavy atom. The molecular weight excluding hydrogens is 278 g/mol. The quantitative estimate of drug-likeness (QED) is 0.621. The van der Waals surface area contributed by atoms with Gasteiger partial charge in [0.1, 0.15) is 4.90 Å². The number of amidine groups is 1. The first-order chi connectivity index (χ1) is 9.25. The van der Waals surface area contributed by atoms with Crippen LogP contribution in [0.15, 0.2) is 4.90 Å². The van der Waals surface area contributed by atoms with E-state index in [9.17, 15) is 8.42 Å². The first kappa shape index (κ1) is 15.0. The molecule has 0 saturated carbocycles. The van der Waals surface area contributed by atoms with Crippen LogP contribution < -0.4 is 5.73 Å². The third kappa shape index (κ3) is 2.45. The van der Waals surface area contributed by atoms with Crippen molar-refractivity contribution in [3.63, 3.8) is 0 Å². The molecule has 20 heavy (non-hydrogen) atoms. The third-order valence-electron chi connectivity index (χ3n) is 3.93. The second-order valence-electron chi connectivity index (χ2n) is 5.26. The number of nitrogens with zero attached hydrogens (tertiary/aromatic N) is 3. The standard InChI is InChI=1S/C12H21N5O2S/c1-8-11(9(2)16(3)15-8)20(18,19)17-6-4-10(5-7-17)12(13)14/h10H,4-7H2,1-3H3,(H3,13,14). The SMILES string of the molecule is Cc1nn(C)c(C)c1S(=O)(=O)N1CCC(C(=N)N)CC1. The van der Waals surface area contributed by atoms with Crippen molar-refractivity contribution in [2.24, 2.45) is 18.7 Å². The molecule has 0 aromatic carbocycles. The van der Waals surface area contributed by atoms with Crippen molar-refractivity contribution in [2.75, 3.05) is 13.1 Å². The molecule has 1 saturated heterocycles. The Bertz CT molecular complexity index is 627. The lowest BCUT2D eigenvalue weighted by Crippen LogP contribution is -2.41. The summed E-state index contributed by atoms with van der Waals surface area (Å²) >= 11 is 0. The number of hydrogen-bond donors (Lipinski definition) is 2. The highest BCUT2D eigenvalue weighted by Crippen LogP contribution is 2.27. The Labute approximate surface area is 119 Å². The Morgan fingerprint density at radius 3 is 2.30 bits per heavy atom. The monoisotopic (exact) mass is 299 g/mol. The van der Waals surface area contributed by atoms with E-state index >= 15 is 0 Å².